The van der Waals surface area contributed by atoms with E-state index in [1.165, 1.54) is 0 Å². The van der Waals surface area contributed by atoms with Crippen LogP contribution in [-0.4, -0.2) is 42.3 Å². The molecule has 5 heteroatoms. The molecule has 5 nitrogen and oxygen atoms in total. The first-order chi connectivity index (χ1) is 10.5. The van der Waals surface area contributed by atoms with E-state index in [9.17, 15) is 9.90 Å². The molecule has 2 aliphatic rings. The van der Waals surface area contributed by atoms with Crippen LogP contribution in [0.25, 0.3) is 0 Å². The lowest BCUT2D eigenvalue weighted by atomic mass is 9.87. The molecule has 1 heterocycles. The van der Waals surface area contributed by atoms with Crippen molar-refractivity contribution in [2.24, 2.45) is 11.8 Å². The maximum absolute atomic E-state index is 12.1. The van der Waals surface area contributed by atoms with Crippen molar-refractivity contribution in [3.05, 3.63) is 0 Å². The van der Waals surface area contributed by atoms with E-state index >= 15 is 0 Å². The lowest BCUT2D eigenvalue weighted by molar-refractivity contribution is -0.184. The van der Waals surface area contributed by atoms with Gasteiger partial charge in [0.25, 0.3) is 0 Å². The Labute approximate surface area is 133 Å². The fourth-order valence-corrected chi connectivity index (χ4v) is 3.10. The van der Waals surface area contributed by atoms with Crippen LogP contribution in [0.1, 0.15) is 59.3 Å². The highest BCUT2D eigenvalue weighted by Gasteiger charge is 2.35. The quantitative estimate of drug-likeness (QED) is 0.424. The Bertz CT molecular complexity index is 359. The molecule has 0 radical (unpaired) electrons. The summed E-state index contributed by atoms with van der Waals surface area (Å²) in [4.78, 5) is 12.1. The molecular formula is C17H30O5. The lowest BCUT2D eigenvalue weighted by Gasteiger charge is -2.26. The van der Waals surface area contributed by atoms with Gasteiger partial charge in [-0.05, 0) is 45.4 Å². The maximum Gasteiger partial charge on any atom is 0.311 e. The molecule has 0 amide bonds. The van der Waals surface area contributed by atoms with Crippen molar-refractivity contribution in [3.8, 4) is 0 Å². The van der Waals surface area contributed by atoms with Gasteiger partial charge in [-0.1, -0.05) is 19.8 Å². The number of epoxide rings is 1. The van der Waals surface area contributed by atoms with E-state index in [2.05, 4.69) is 13.8 Å². The third-order valence-corrected chi connectivity index (χ3v) is 4.81. The van der Waals surface area contributed by atoms with Crippen LogP contribution in [0.4, 0.5) is 0 Å². The number of rotatable bonds is 8. The topological polar surface area (TPSA) is 68.3 Å². The molecule has 1 saturated carbocycles. The molecule has 0 aromatic carbocycles. The highest BCUT2D eigenvalue weighted by atomic mass is 16.7. The minimum Gasteiger partial charge on any atom is -0.436 e. The van der Waals surface area contributed by atoms with E-state index in [0.29, 0.717) is 31.2 Å². The third kappa shape index (κ3) is 5.52. The zero-order valence-corrected chi connectivity index (χ0v) is 14.0. The van der Waals surface area contributed by atoms with Crippen molar-refractivity contribution in [1.82, 2.24) is 0 Å². The van der Waals surface area contributed by atoms with Crippen molar-refractivity contribution >= 4 is 5.97 Å². The molecule has 6 atom stereocenters. The van der Waals surface area contributed by atoms with Crippen LogP contribution >= 0.6 is 0 Å². The van der Waals surface area contributed by atoms with Gasteiger partial charge in [-0.15, -0.1) is 0 Å². The Kier molecular flexibility index (Phi) is 6.66. The largest absolute Gasteiger partial charge is 0.436 e. The molecule has 1 aliphatic carbocycles. The Hall–Kier alpha value is -0.650. The second-order valence-corrected chi connectivity index (χ2v) is 6.74. The highest BCUT2D eigenvalue weighted by molar-refractivity contribution is 5.72. The molecule has 1 N–H and O–H groups in total. The molecule has 128 valence electrons. The third-order valence-electron chi connectivity index (χ3n) is 4.81. The zero-order valence-electron chi connectivity index (χ0n) is 14.0. The minimum atomic E-state index is -0.529. The van der Waals surface area contributed by atoms with Gasteiger partial charge in [0.2, 0.25) is 0 Å². The Balaban J connectivity index is 1.65. The van der Waals surface area contributed by atoms with Crippen LogP contribution in [0.5, 0.6) is 0 Å². The van der Waals surface area contributed by atoms with Crippen LogP contribution in [0.2, 0.25) is 0 Å². The van der Waals surface area contributed by atoms with Crippen LogP contribution in [0, 0.1) is 11.8 Å². The predicted molar refractivity (Wildman–Crippen MR) is 82.2 cm³/mol. The minimum absolute atomic E-state index is 0.183. The first-order valence-corrected chi connectivity index (χ1v) is 8.65. The van der Waals surface area contributed by atoms with E-state index in [1.807, 2.05) is 0 Å². The number of hydrogen-bond donors (Lipinski definition) is 1. The fourth-order valence-electron chi connectivity index (χ4n) is 3.10. The predicted octanol–water partition coefficient (Wildman–Crippen LogP) is 2.65. The average molecular weight is 314 g/mol. The standard InChI is InChI=1S/C17H30O5/c1-4-13(8-16-11(2)21-16)10-20-12(3)22-17(19)14-6-5-7-15(18)9-14/h11-16,18H,4-10H2,1-3H3. The number of aliphatic hydroxyl groups excluding tert-OH is 1. The van der Waals surface area contributed by atoms with Crippen LogP contribution in [-0.2, 0) is 19.0 Å². The molecular weight excluding hydrogens is 284 g/mol. The fraction of sp³-hybridized carbons (Fsp3) is 0.941. The smallest absolute Gasteiger partial charge is 0.311 e. The molecule has 0 aromatic rings. The van der Waals surface area contributed by atoms with Gasteiger partial charge in [0.15, 0.2) is 6.29 Å². The number of carbonyl (C=O) groups excluding carboxylic acids is 1. The number of hydrogen-bond acceptors (Lipinski definition) is 5. The number of aliphatic hydroxyl groups is 1. The summed E-state index contributed by atoms with van der Waals surface area (Å²) in [5.74, 6) is 0.0172. The summed E-state index contributed by atoms with van der Waals surface area (Å²) in [7, 11) is 0. The van der Waals surface area contributed by atoms with Crippen LogP contribution < -0.4 is 0 Å². The van der Waals surface area contributed by atoms with E-state index in [0.717, 1.165) is 32.1 Å². The van der Waals surface area contributed by atoms with Crippen molar-refractivity contribution in [2.45, 2.75) is 83.9 Å². The molecule has 0 aromatic heterocycles. The highest BCUT2D eigenvalue weighted by Crippen LogP contribution is 2.29. The van der Waals surface area contributed by atoms with Crippen LogP contribution in [0.15, 0.2) is 0 Å². The monoisotopic (exact) mass is 314 g/mol. The SMILES string of the molecule is CCC(COC(C)OC(=O)C1CCCC(O)C1)CC1OC1C. The lowest BCUT2D eigenvalue weighted by Crippen LogP contribution is -2.30. The second kappa shape index (κ2) is 8.27. The van der Waals surface area contributed by atoms with Gasteiger partial charge >= 0.3 is 5.97 Å². The van der Waals surface area contributed by atoms with E-state index in [4.69, 9.17) is 14.2 Å². The molecule has 22 heavy (non-hydrogen) atoms. The van der Waals surface area contributed by atoms with E-state index < -0.39 is 6.29 Å². The first kappa shape index (κ1) is 17.7. The summed E-state index contributed by atoms with van der Waals surface area (Å²) in [5.41, 5.74) is 0. The summed E-state index contributed by atoms with van der Waals surface area (Å²) < 4.78 is 16.5. The van der Waals surface area contributed by atoms with Crippen molar-refractivity contribution in [1.29, 1.82) is 0 Å². The molecule has 2 rings (SSSR count). The van der Waals surface area contributed by atoms with Crippen molar-refractivity contribution in [2.75, 3.05) is 6.61 Å². The first-order valence-electron chi connectivity index (χ1n) is 8.65. The maximum atomic E-state index is 12.1. The molecule has 6 unspecified atom stereocenters. The Morgan fingerprint density at radius 3 is 2.73 bits per heavy atom. The van der Waals surface area contributed by atoms with Crippen molar-refractivity contribution in [3.63, 3.8) is 0 Å². The molecule has 2 fully saturated rings. The summed E-state index contributed by atoms with van der Waals surface area (Å²) in [5, 5.41) is 9.63. The normalized spacial score (nSPS) is 34.0. The van der Waals surface area contributed by atoms with Gasteiger partial charge in [-0.25, -0.2) is 0 Å². The van der Waals surface area contributed by atoms with Gasteiger partial charge in [0.1, 0.15) is 0 Å². The van der Waals surface area contributed by atoms with Gasteiger partial charge in [-0.3, -0.25) is 4.79 Å². The Morgan fingerprint density at radius 1 is 1.41 bits per heavy atom. The zero-order chi connectivity index (χ0) is 16.1. The summed E-state index contributed by atoms with van der Waals surface area (Å²) in [6.45, 7) is 6.58. The summed E-state index contributed by atoms with van der Waals surface area (Å²) >= 11 is 0. The molecule has 0 bridgehead atoms. The van der Waals surface area contributed by atoms with Gasteiger partial charge < -0.3 is 19.3 Å². The van der Waals surface area contributed by atoms with E-state index in [1.54, 1.807) is 6.92 Å². The molecule has 1 saturated heterocycles. The molecule has 1 aliphatic heterocycles. The summed E-state index contributed by atoms with van der Waals surface area (Å²) in [6, 6.07) is 0. The molecule has 0 spiro atoms. The number of esters is 1. The number of carbonyl (C=O) groups is 1. The average Bonchev–Trinajstić information content (AvgIpc) is 3.18. The summed E-state index contributed by atoms with van der Waals surface area (Å²) in [6.07, 6.45) is 4.87. The van der Waals surface area contributed by atoms with E-state index in [-0.39, 0.29) is 18.0 Å². The van der Waals surface area contributed by atoms with Crippen molar-refractivity contribution < 1.29 is 24.1 Å². The Morgan fingerprint density at radius 2 is 2.14 bits per heavy atom. The van der Waals surface area contributed by atoms with Gasteiger partial charge in [-0.2, -0.15) is 0 Å². The van der Waals surface area contributed by atoms with Crippen LogP contribution in [0.3, 0.4) is 0 Å². The second-order valence-electron chi connectivity index (χ2n) is 6.74. The number of ether oxygens (including phenoxy) is 3. The van der Waals surface area contributed by atoms with Gasteiger partial charge in [0, 0.05) is 0 Å². The van der Waals surface area contributed by atoms with Gasteiger partial charge in [0.05, 0.1) is 30.8 Å².